The predicted molar refractivity (Wildman–Crippen MR) is 77.0 cm³/mol. The molecule has 0 aromatic carbocycles. The average Bonchev–Trinajstić information content (AvgIpc) is 2.85. The molecule has 0 spiro atoms. The molecule has 1 aliphatic carbocycles. The summed E-state index contributed by atoms with van der Waals surface area (Å²) in [6.45, 7) is 15.2. The Morgan fingerprint density at radius 1 is 1.06 bits per heavy atom. The van der Waals surface area contributed by atoms with Crippen LogP contribution in [0.3, 0.4) is 0 Å². The minimum Gasteiger partial charge on any atom is -0.257 e. The van der Waals surface area contributed by atoms with E-state index in [1.54, 1.807) is 18.4 Å². The molecule has 0 heterocycles. The second-order valence-electron chi connectivity index (χ2n) is 3.59. The topological polar surface area (TPSA) is 12.4 Å². The van der Waals surface area contributed by atoms with Crippen LogP contribution >= 0.6 is 0 Å². The van der Waals surface area contributed by atoms with E-state index < -0.39 is 0 Å². The van der Waals surface area contributed by atoms with Gasteiger partial charge in [0.2, 0.25) is 0 Å². The SMILES string of the molecule is C=CC=NC(=C)C(=C)/C(=C\C=C)C1C=CC=C1. The highest BCUT2D eigenvalue weighted by Crippen LogP contribution is 2.28. The maximum atomic E-state index is 4.16. The molecule has 0 aliphatic heterocycles. The largest absolute Gasteiger partial charge is 0.257 e. The lowest BCUT2D eigenvalue weighted by Crippen LogP contribution is -2.00. The first kappa shape index (κ1) is 12.9. The lowest BCUT2D eigenvalue weighted by Gasteiger charge is -2.14. The maximum absolute atomic E-state index is 4.16. The molecule has 1 rings (SSSR count). The summed E-state index contributed by atoms with van der Waals surface area (Å²) in [4.78, 5) is 4.16. The van der Waals surface area contributed by atoms with E-state index >= 15 is 0 Å². The molecule has 0 unspecified atom stereocenters. The zero-order valence-corrected chi connectivity index (χ0v) is 9.97. The smallest absolute Gasteiger partial charge is 0.0627 e. The first-order chi connectivity index (χ1) is 8.20. The molecule has 1 nitrogen and oxygen atoms in total. The quantitative estimate of drug-likeness (QED) is 0.473. The summed E-state index contributed by atoms with van der Waals surface area (Å²) in [5.41, 5.74) is 2.53. The van der Waals surface area contributed by atoms with E-state index in [1.807, 2.05) is 18.2 Å². The number of allylic oxidation sites excluding steroid dienone is 8. The van der Waals surface area contributed by atoms with Crippen molar-refractivity contribution in [1.82, 2.24) is 0 Å². The first-order valence-corrected chi connectivity index (χ1v) is 5.42. The second-order valence-corrected chi connectivity index (χ2v) is 3.59. The van der Waals surface area contributed by atoms with Crippen molar-refractivity contribution in [3.63, 3.8) is 0 Å². The van der Waals surface area contributed by atoms with Crippen LogP contribution in [0, 0.1) is 5.92 Å². The summed E-state index contributed by atoms with van der Waals surface area (Å²) in [5.74, 6) is 0.233. The molecule has 0 fully saturated rings. The molecule has 0 saturated heterocycles. The number of rotatable bonds is 6. The zero-order chi connectivity index (χ0) is 12.7. The van der Waals surface area contributed by atoms with Crippen molar-refractivity contribution in [3.8, 4) is 0 Å². The van der Waals surface area contributed by atoms with Gasteiger partial charge in [-0.1, -0.05) is 68.8 Å². The van der Waals surface area contributed by atoms with Crippen molar-refractivity contribution in [3.05, 3.63) is 85.7 Å². The van der Waals surface area contributed by atoms with Crippen LogP contribution in [0.15, 0.2) is 90.7 Å². The Kier molecular flexibility index (Phi) is 4.89. The highest BCUT2D eigenvalue weighted by atomic mass is 14.7. The summed E-state index contributed by atoms with van der Waals surface area (Å²) in [7, 11) is 0. The number of hydrogen-bond acceptors (Lipinski definition) is 1. The van der Waals surface area contributed by atoms with Crippen LogP contribution in [0.5, 0.6) is 0 Å². The van der Waals surface area contributed by atoms with Crippen LogP contribution in [0.2, 0.25) is 0 Å². The van der Waals surface area contributed by atoms with E-state index in [1.165, 1.54) is 0 Å². The summed E-state index contributed by atoms with van der Waals surface area (Å²) >= 11 is 0. The van der Waals surface area contributed by atoms with E-state index in [0.717, 1.165) is 11.1 Å². The molecule has 17 heavy (non-hydrogen) atoms. The lowest BCUT2D eigenvalue weighted by atomic mass is 9.92. The third-order valence-corrected chi connectivity index (χ3v) is 2.44. The van der Waals surface area contributed by atoms with Gasteiger partial charge in [0.15, 0.2) is 0 Å². The van der Waals surface area contributed by atoms with Gasteiger partial charge in [0, 0.05) is 12.1 Å². The molecule has 0 amide bonds. The molecule has 0 saturated carbocycles. The van der Waals surface area contributed by atoms with Crippen molar-refractivity contribution in [2.24, 2.45) is 10.9 Å². The molecule has 0 aromatic heterocycles. The zero-order valence-electron chi connectivity index (χ0n) is 9.97. The second kappa shape index (κ2) is 6.44. The molecule has 86 valence electrons. The first-order valence-electron chi connectivity index (χ1n) is 5.42. The van der Waals surface area contributed by atoms with E-state index in [-0.39, 0.29) is 5.92 Å². The Morgan fingerprint density at radius 2 is 1.71 bits per heavy atom. The molecule has 0 aromatic rings. The van der Waals surface area contributed by atoms with Crippen molar-refractivity contribution in [1.29, 1.82) is 0 Å². The highest BCUT2D eigenvalue weighted by molar-refractivity contribution is 5.72. The van der Waals surface area contributed by atoms with Crippen LogP contribution < -0.4 is 0 Å². The molecular formula is C16H17N. The summed E-state index contributed by atoms with van der Waals surface area (Å²) < 4.78 is 0. The monoisotopic (exact) mass is 223 g/mol. The van der Waals surface area contributed by atoms with Crippen LogP contribution in [-0.4, -0.2) is 6.21 Å². The summed E-state index contributed by atoms with van der Waals surface area (Å²) in [5, 5.41) is 0. The van der Waals surface area contributed by atoms with Crippen molar-refractivity contribution >= 4 is 6.21 Å². The van der Waals surface area contributed by atoms with Gasteiger partial charge >= 0.3 is 0 Å². The number of hydrogen-bond donors (Lipinski definition) is 0. The number of nitrogens with zero attached hydrogens (tertiary/aromatic N) is 1. The molecule has 0 radical (unpaired) electrons. The van der Waals surface area contributed by atoms with Crippen molar-refractivity contribution < 1.29 is 0 Å². The van der Waals surface area contributed by atoms with Crippen molar-refractivity contribution in [2.75, 3.05) is 0 Å². The summed E-state index contributed by atoms with van der Waals surface area (Å²) in [6, 6.07) is 0. The Balaban J connectivity index is 2.92. The fraction of sp³-hybridized carbons (Fsp3) is 0.0625. The minimum absolute atomic E-state index is 0.233. The highest BCUT2D eigenvalue weighted by Gasteiger charge is 2.14. The Bertz CT molecular complexity index is 444. The Morgan fingerprint density at radius 3 is 2.24 bits per heavy atom. The van der Waals surface area contributed by atoms with Gasteiger partial charge in [-0.3, -0.25) is 4.99 Å². The molecule has 0 N–H and O–H groups in total. The Labute approximate surface area is 103 Å². The standard InChI is InChI=1S/C16H17N/c1-5-9-16(15-10-7-8-11-15)13(3)14(4)17-12-6-2/h5-12,15H,1-4H2/b16-9+,17-12?. The van der Waals surface area contributed by atoms with Crippen LogP contribution in [0.4, 0.5) is 0 Å². The van der Waals surface area contributed by atoms with E-state index in [2.05, 4.69) is 43.5 Å². The number of aliphatic imine (C=N–C) groups is 1. The van der Waals surface area contributed by atoms with Crippen LogP contribution in [0.1, 0.15) is 0 Å². The molecule has 0 atom stereocenters. The summed E-state index contributed by atoms with van der Waals surface area (Å²) in [6.07, 6.45) is 15.2. The lowest BCUT2D eigenvalue weighted by molar-refractivity contribution is 0.997. The van der Waals surface area contributed by atoms with Gasteiger partial charge in [-0.05, 0) is 11.1 Å². The third kappa shape index (κ3) is 3.42. The molecule has 0 bridgehead atoms. The predicted octanol–water partition coefficient (Wildman–Crippen LogP) is 4.17. The van der Waals surface area contributed by atoms with E-state index in [4.69, 9.17) is 0 Å². The van der Waals surface area contributed by atoms with Gasteiger partial charge in [-0.25, -0.2) is 0 Å². The Hall–Kier alpha value is -2.15. The van der Waals surface area contributed by atoms with E-state index in [0.29, 0.717) is 5.70 Å². The van der Waals surface area contributed by atoms with E-state index in [9.17, 15) is 0 Å². The van der Waals surface area contributed by atoms with Gasteiger partial charge in [0.25, 0.3) is 0 Å². The van der Waals surface area contributed by atoms with Gasteiger partial charge < -0.3 is 0 Å². The van der Waals surface area contributed by atoms with Crippen LogP contribution in [-0.2, 0) is 0 Å². The molecule has 1 heteroatoms. The molecule has 1 aliphatic rings. The average molecular weight is 223 g/mol. The fourth-order valence-corrected chi connectivity index (χ4v) is 1.57. The third-order valence-electron chi connectivity index (χ3n) is 2.44. The normalized spacial score (nSPS) is 15.4. The minimum atomic E-state index is 0.233. The molecular weight excluding hydrogens is 206 g/mol. The van der Waals surface area contributed by atoms with Crippen molar-refractivity contribution in [2.45, 2.75) is 0 Å². The van der Waals surface area contributed by atoms with Gasteiger partial charge in [0.05, 0.1) is 5.70 Å². The van der Waals surface area contributed by atoms with Gasteiger partial charge in [-0.2, -0.15) is 0 Å². The fourth-order valence-electron chi connectivity index (χ4n) is 1.57. The maximum Gasteiger partial charge on any atom is 0.0627 e. The van der Waals surface area contributed by atoms with Gasteiger partial charge in [-0.15, -0.1) is 0 Å². The van der Waals surface area contributed by atoms with Gasteiger partial charge in [0.1, 0.15) is 0 Å². The van der Waals surface area contributed by atoms with Crippen LogP contribution in [0.25, 0.3) is 0 Å².